The molecule has 1 N–H and O–H groups in total. The second-order valence-corrected chi connectivity index (χ2v) is 8.29. The van der Waals surface area contributed by atoms with Gasteiger partial charge in [0.15, 0.2) is 6.10 Å². The number of urea groups is 1. The third kappa shape index (κ3) is 5.46. The molecule has 1 unspecified atom stereocenters. The number of amides is 2. The number of benzene rings is 3. The number of ether oxygens (including phenoxy) is 1. The van der Waals surface area contributed by atoms with Crippen molar-refractivity contribution in [2.75, 3.05) is 19.0 Å². The van der Waals surface area contributed by atoms with Gasteiger partial charge in [-0.3, -0.25) is 0 Å². The largest absolute Gasteiger partial charge is 0.495 e. The first kappa shape index (κ1) is 22.7. The van der Waals surface area contributed by atoms with Crippen LogP contribution >= 0.6 is 11.6 Å². The highest BCUT2D eigenvalue weighted by atomic mass is 35.5. The summed E-state index contributed by atoms with van der Waals surface area (Å²) in [6.07, 6.45) is 0.358. The molecule has 1 aliphatic rings. The number of methoxy groups -OCH3 is 1. The van der Waals surface area contributed by atoms with Gasteiger partial charge in [0.1, 0.15) is 5.75 Å². The van der Waals surface area contributed by atoms with E-state index in [0.29, 0.717) is 36.0 Å². The molecule has 1 aliphatic heterocycles. The summed E-state index contributed by atoms with van der Waals surface area (Å²) in [5, 5.41) is 7.87. The van der Waals surface area contributed by atoms with E-state index in [1.165, 1.54) is 0 Å². The van der Waals surface area contributed by atoms with E-state index < -0.39 is 0 Å². The average molecular weight is 464 g/mol. The van der Waals surface area contributed by atoms with E-state index >= 15 is 0 Å². The molecule has 3 aromatic rings. The van der Waals surface area contributed by atoms with Gasteiger partial charge in [-0.1, -0.05) is 71.4 Å². The van der Waals surface area contributed by atoms with Crippen LogP contribution in [-0.2, 0) is 11.4 Å². The van der Waals surface area contributed by atoms with Gasteiger partial charge in [-0.15, -0.1) is 0 Å². The van der Waals surface area contributed by atoms with Gasteiger partial charge >= 0.3 is 6.03 Å². The van der Waals surface area contributed by atoms with Crippen molar-refractivity contribution in [3.63, 3.8) is 0 Å². The fraction of sp³-hybridized carbons (Fsp3) is 0.231. The van der Waals surface area contributed by atoms with E-state index in [-0.39, 0.29) is 12.1 Å². The minimum Gasteiger partial charge on any atom is -0.495 e. The van der Waals surface area contributed by atoms with Crippen LogP contribution in [0.15, 0.2) is 78.0 Å². The first-order valence-electron chi connectivity index (χ1n) is 10.8. The Bertz CT molecular complexity index is 1160. The number of hydrogen-bond acceptors (Lipinski definition) is 4. The van der Waals surface area contributed by atoms with Gasteiger partial charge in [0.05, 0.1) is 25.1 Å². The molecule has 33 heavy (non-hydrogen) atoms. The zero-order valence-electron chi connectivity index (χ0n) is 18.6. The topological polar surface area (TPSA) is 63.2 Å². The summed E-state index contributed by atoms with van der Waals surface area (Å²) in [4.78, 5) is 20.7. The zero-order valence-corrected chi connectivity index (χ0v) is 19.4. The minimum atomic E-state index is -0.271. The second kappa shape index (κ2) is 10.4. The van der Waals surface area contributed by atoms with Gasteiger partial charge in [0, 0.05) is 23.6 Å². The highest BCUT2D eigenvalue weighted by molar-refractivity contribution is 6.31. The number of oxime groups is 1. The molecule has 1 heterocycles. The van der Waals surface area contributed by atoms with Gasteiger partial charge in [0.25, 0.3) is 0 Å². The lowest BCUT2D eigenvalue weighted by Gasteiger charge is -2.26. The number of halogens is 1. The van der Waals surface area contributed by atoms with Gasteiger partial charge in [-0.05, 0) is 36.2 Å². The van der Waals surface area contributed by atoms with Crippen molar-refractivity contribution in [2.24, 2.45) is 5.16 Å². The van der Waals surface area contributed by atoms with E-state index in [1.54, 1.807) is 24.1 Å². The zero-order chi connectivity index (χ0) is 23.2. The quantitative estimate of drug-likeness (QED) is 0.475. The van der Waals surface area contributed by atoms with E-state index in [1.807, 2.05) is 54.6 Å². The van der Waals surface area contributed by atoms with E-state index in [4.69, 9.17) is 21.2 Å². The van der Waals surface area contributed by atoms with Crippen LogP contribution in [0.2, 0.25) is 5.02 Å². The smallest absolute Gasteiger partial charge is 0.322 e. The normalized spacial score (nSPS) is 14.9. The molecule has 0 aromatic heterocycles. The van der Waals surface area contributed by atoms with Crippen LogP contribution < -0.4 is 10.1 Å². The highest BCUT2D eigenvalue weighted by Crippen LogP contribution is 2.26. The Labute approximate surface area is 198 Å². The Morgan fingerprint density at radius 2 is 1.85 bits per heavy atom. The second-order valence-electron chi connectivity index (χ2n) is 7.89. The fourth-order valence-electron chi connectivity index (χ4n) is 3.82. The fourth-order valence-corrected chi connectivity index (χ4v) is 4.02. The lowest BCUT2D eigenvalue weighted by atomic mass is 10.0. The number of carbonyl (C=O) groups is 1. The summed E-state index contributed by atoms with van der Waals surface area (Å²) >= 11 is 6.39. The Morgan fingerprint density at radius 1 is 1.12 bits per heavy atom. The van der Waals surface area contributed by atoms with Gasteiger partial charge < -0.3 is 19.8 Å². The van der Waals surface area contributed by atoms with Crippen LogP contribution in [0.25, 0.3) is 0 Å². The lowest BCUT2D eigenvalue weighted by molar-refractivity contribution is 0.0608. The van der Waals surface area contributed by atoms with E-state index in [0.717, 1.165) is 22.4 Å². The molecule has 1 atom stereocenters. The van der Waals surface area contributed by atoms with Crippen LogP contribution in [-0.4, -0.2) is 36.4 Å². The summed E-state index contributed by atoms with van der Waals surface area (Å²) in [5.74, 6) is 0.589. The van der Waals surface area contributed by atoms with E-state index in [9.17, 15) is 4.79 Å². The van der Waals surface area contributed by atoms with Crippen molar-refractivity contribution < 1.29 is 14.4 Å². The van der Waals surface area contributed by atoms with Crippen LogP contribution in [0, 0.1) is 6.92 Å². The predicted molar refractivity (Wildman–Crippen MR) is 131 cm³/mol. The molecule has 0 bridgehead atoms. The molecule has 6 nitrogen and oxygen atoms in total. The Hall–Kier alpha value is -3.51. The number of carbonyl (C=O) groups excluding carboxylic acids is 1. The number of para-hydroxylation sites is 2. The van der Waals surface area contributed by atoms with E-state index in [2.05, 4.69) is 23.5 Å². The number of aryl methyl sites for hydroxylation is 1. The minimum absolute atomic E-state index is 0.259. The third-order valence-corrected chi connectivity index (χ3v) is 5.94. The molecule has 0 aliphatic carbocycles. The molecule has 0 saturated heterocycles. The molecule has 3 aromatic carbocycles. The molecule has 4 rings (SSSR count). The molecule has 170 valence electrons. The summed E-state index contributed by atoms with van der Waals surface area (Å²) in [6.45, 7) is 2.74. The van der Waals surface area contributed by atoms with Crippen LogP contribution in [0.4, 0.5) is 10.5 Å². The first-order valence-corrected chi connectivity index (χ1v) is 11.1. The molecule has 0 fully saturated rings. The van der Waals surface area contributed by atoms with Crippen molar-refractivity contribution in [2.45, 2.75) is 26.0 Å². The third-order valence-electron chi connectivity index (χ3n) is 5.57. The molecule has 7 heteroatoms. The molecular formula is C26H26ClN3O3. The number of rotatable bonds is 7. The van der Waals surface area contributed by atoms with Crippen LogP contribution in [0.3, 0.4) is 0 Å². The molecule has 0 saturated carbocycles. The first-order chi connectivity index (χ1) is 16.0. The molecule has 0 spiro atoms. The molecule has 2 amide bonds. The summed E-state index contributed by atoms with van der Waals surface area (Å²) in [7, 11) is 1.57. The molecule has 0 radical (unpaired) electrons. The lowest BCUT2D eigenvalue weighted by Crippen LogP contribution is -2.40. The Kier molecular flexibility index (Phi) is 7.15. The van der Waals surface area contributed by atoms with Gasteiger partial charge in [-0.25, -0.2) is 4.79 Å². The molecular weight excluding hydrogens is 438 g/mol. The monoisotopic (exact) mass is 463 g/mol. The van der Waals surface area contributed by atoms with Crippen molar-refractivity contribution in [3.05, 3.63) is 94.5 Å². The van der Waals surface area contributed by atoms with Crippen LogP contribution in [0.5, 0.6) is 5.75 Å². The van der Waals surface area contributed by atoms with Gasteiger partial charge in [-0.2, -0.15) is 0 Å². The average Bonchev–Trinajstić information content (AvgIpc) is 3.29. The SMILES string of the molecule is COc1ccccc1NC(=O)N(Cc1ccccc1Cl)CC1CC(c2ccccc2C)=NO1. The maximum atomic E-state index is 13.3. The number of hydrogen-bond donors (Lipinski definition) is 1. The van der Waals surface area contributed by atoms with Gasteiger partial charge in [0.2, 0.25) is 0 Å². The number of nitrogens with zero attached hydrogens (tertiary/aromatic N) is 2. The Balaban J connectivity index is 1.51. The number of anilines is 1. The van der Waals surface area contributed by atoms with Crippen molar-refractivity contribution in [1.82, 2.24) is 4.90 Å². The summed E-state index contributed by atoms with van der Waals surface area (Å²) < 4.78 is 5.37. The summed E-state index contributed by atoms with van der Waals surface area (Å²) in [5.41, 5.74) is 4.55. The standard InChI is InChI=1S/C26H26ClN3O3/c1-18-9-3-5-11-21(18)24-15-20(33-29-24)17-30(16-19-10-4-6-12-22(19)27)26(31)28-23-13-7-8-14-25(23)32-2/h3-14,20H,15-17H2,1-2H3,(H,28,31). The maximum Gasteiger partial charge on any atom is 0.322 e. The maximum absolute atomic E-state index is 13.3. The summed E-state index contributed by atoms with van der Waals surface area (Å²) in [6, 6.07) is 22.6. The number of nitrogens with one attached hydrogen (secondary N) is 1. The van der Waals surface area contributed by atoms with Crippen molar-refractivity contribution in [1.29, 1.82) is 0 Å². The predicted octanol–water partition coefficient (Wildman–Crippen LogP) is 5.88. The van der Waals surface area contributed by atoms with Crippen molar-refractivity contribution >= 4 is 29.0 Å². The van der Waals surface area contributed by atoms with Crippen molar-refractivity contribution in [3.8, 4) is 5.75 Å². The van der Waals surface area contributed by atoms with Crippen LogP contribution in [0.1, 0.15) is 23.1 Å². The Morgan fingerprint density at radius 3 is 2.64 bits per heavy atom. The highest BCUT2D eigenvalue weighted by Gasteiger charge is 2.28.